The van der Waals surface area contributed by atoms with Gasteiger partial charge < -0.3 is 15.2 Å². The molecular formula is C17H28N8O. The van der Waals surface area contributed by atoms with Gasteiger partial charge in [0.05, 0.1) is 13.1 Å². The smallest absolute Gasteiger partial charge is 0.228 e. The number of fused-ring (bicyclic) bond motifs is 1. The third-order valence-corrected chi connectivity index (χ3v) is 4.24. The van der Waals surface area contributed by atoms with Gasteiger partial charge in [0.2, 0.25) is 5.89 Å². The van der Waals surface area contributed by atoms with Crippen LogP contribution in [-0.4, -0.2) is 50.0 Å². The Balaban J connectivity index is 1.55. The number of hydrogen-bond donors (Lipinski definition) is 2. The zero-order valence-corrected chi connectivity index (χ0v) is 16.0. The van der Waals surface area contributed by atoms with Crippen molar-refractivity contribution in [3.05, 3.63) is 23.4 Å². The fourth-order valence-electron chi connectivity index (χ4n) is 2.93. The largest absolute Gasteiger partial charge is 0.357 e. The number of nitrogens with one attached hydrogen (secondary N) is 2. The van der Waals surface area contributed by atoms with Crippen molar-refractivity contribution in [2.75, 3.05) is 13.1 Å². The molecule has 1 aliphatic heterocycles. The van der Waals surface area contributed by atoms with Crippen LogP contribution in [0.3, 0.4) is 0 Å². The van der Waals surface area contributed by atoms with E-state index in [9.17, 15) is 0 Å². The molecule has 0 bridgehead atoms. The lowest BCUT2D eigenvalue weighted by Gasteiger charge is -2.25. The van der Waals surface area contributed by atoms with Crippen LogP contribution in [0.4, 0.5) is 0 Å². The molecule has 0 saturated heterocycles. The summed E-state index contributed by atoms with van der Waals surface area (Å²) in [5.74, 6) is 4.36. The Bertz CT molecular complexity index is 748. The van der Waals surface area contributed by atoms with Crippen LogP contribution in [0.25, 0.3) is 0 Å². The molecule has 2 aromatic heterocycles. The van der Waals surface area contributed by atoms with Crippen molar-refractivity contribution in [1.29, 1.82) is 0 Å². The number of guanidine groups is 1. The van der Waals surface area contributed by atoms with Crippen molar-refractivity contribution in [3.8, 4) is 0 Å². The molecule has 3 heterocycles. The molecule has 0 amide bonds. The summed E-state index contributed by atoms with van der Waals surface area (Å²) in [5.41, 5.74) is 0. The first-order valence-electron chi connectivity index (χ1n) is 9.32. The third kappa shape index (κ3) is 4.59. The summed E-state index contributed by atoms with van der Waals surface area (Å²) < 4.78 is 7.26. The van der Waals surface area contributed by atoms with E-state index in [1.165, 1.54) is 0 Å². The van der Waals surface area contributed by atoms with E-state index in [0.29, 0.717) is 18.9 Å². The van der Waals surface area contributed by atoms with Crippen molar-refractivity contribution in [3.63, 3.8) is 0 Å². The molecule has 9 heteroatoms. The molecule has 2 aromatic rings. The quantitative estimate of drug-likeness (QED) is 0.589. The second kappa shape index (κ2) is 8.29. The fourth-order valence-corrected chi connectivity index (χ4v) is 2.93. The van der Waals surface area contributed by atoms with Crippen molar-refractivity contribution < 1.29 is 4.52 Å². The summed E-state index contributed by atoms with van der Waals surface area (Å²) in [7, 11) is 0. The van der Waals surface area contributed by atoms with Gasteiger partial charge in [-0.3, -0.25) is 4.99 Å². The van der Waals surface area contributed by atoms with E-state index >= 15 is 0 Å². The Morgan fingerprint density at radius 1 is 1.38 bits per heavy atom. The summed E-state index contributed by atoms with van der Waals surface area (Å²) in [6, 6.07) is 0.289. The molecule has 1 atom stereocenters. The van der Waals surface area contributed by atoms with Crippen LogP contribution in [-0.2, 0) is 19.4 Å². The maximum atomic E-state index is 5.27. The van der Waals surface area contributed by atoms with Crippen LogP contribution in [0, 0.1) is 6.92 Å². The van der Waals surface area contributed by atoms with Gasteiger partial charge in [-0.2, -0.15) is 10.1 Å². The van der Waals surface area contributed by atoms with Crippen LogP contribution >= 0.6 is 0 Å². The molecule has 2 N–H and O–H groups in total. The van der Waals surface area contributed by atoms with Crippen LogP contribution in [0.5, 0.6) is 0 Å². The number of aliphatic imine (C=N–C) groups is 1. The minimum Gasteiger partial charge on any atom is -0.357 e. The summed E-state index contributed by atoms with van der Waals surface area (Å²) in [4.78, 5) is 13.5. The maximum Gasteiger partial charge on any atom is 0.228 e. The first-order chi connectivity index (χ1) is 12.5. The Morgan fingerprint density at radius 3 is 2.96 bits per heavy atom. The van der Waals surface area contributed by atoms with E-state index in [-0.39, 0.29) is 12.0 Å². The lowest BCUT2D eigenvalue weighted by Crippen LogP contribution is -2.47. The molecule has 0 spiro atoms. The second-order valence-electron chi connectivity index (χ2n) is 6.85. The molecule has 9 nitrogen and oxygen atoms in total. The highest BCUT2D eigenvalue weighted by Gasteiger charge is 2.21. The van der Waals surface area contributed by atoms with Crippen molar-refractivity contribution >= 4 is 5.96 Å². The van der Waals surface area contributed by atoms with E-state index in [2.05, 4.69) is 42.8 Å². The van der Waals surface area contributed by atoms with E-state index in [0.717, 1.165) is 49.4 Å². The zero-order chi connectivity index (χ0) is 18.5. The number of aromatic nitrogens is 5. The molecule has 0 radical (unpaired) electrons. The molecular weight excluding hydrogens is 332 g/mol. The van der Waals surface area contributed by atoms with Crippen LogP contribution in [0.15, 0.2) is 9.52 Å². The molecule has 0 aromatic carbocycles. The van der Waals surface area contributed by atoms with Gasteiger partial charge in [0.15, 0.2) is 11.8 Å². The van der Waals surface area contributed by atoms with Crippen LogP contribution in [0.2, 0.25) is 0 Å². The fraction of sp³-hybridized carbons (Fsp3) is 0.706. The van der Waals surface area contributed by atoms with Crippen molar-refractivity contribution in [2.24, 2.45) is 4.99 Å². The Labute approximate surface area is 153 Å². The molecule has 0 fully saturated rings. The Kier molecular flexibility index (Phi) is 5.85. The van der Waals surface area contributed by atoms with Gasteiger partial charge in [-0.15, -0.1) is 0 Å². The van der Waals surface area contributed by atoms with Gasteiger partial charge in [0.25, 0.3) is 0 Å². The average Bonchev–Trinajstić information content (AvgIpc) is 3.20. The third-order valence-electron chi connectivity index (χ3n) is 4.24. The number of aryl methyl sites for hydroxylation is 2. The predicted octanol–water partition coefficient (Wildman–Crippen LogP) is 1.21. The average molecular weight is 360 g/mol. The SMILES string of the molecule is CCNC(=NCCc1nc(C(C)C)no1)NC1CCc2nc(C)nn2C1. The van der Waals surface area contributed by atoms with Crippen molar-refractivity contribution in [2.45, 2.75) is 65.5 Å². The molecule has 1 unspecified atom stereocenters. The van der Waals surface area contributed by atoms with Crippen LogP contribution in [0.1, 0.15) is 56.5 Å². The monoisotopic (exact) mass is 360 g/mol. The first-order valence-corrected chi connectivity index (χ1v) is 9.32. The van der Waals surface area contributed by atoms with E-state index in [4.69, 9.17) is 4.52 Å². The second-order valence-corrected chi connectivity index (χ2v) is 6.85. The molecule has 0 aliphatic carbocycles. The molecule has 142 valence electrons. The minimum absolute atomic E-state index is 0.270. The molecule has 0 saturated carbocycles. The van der Waals surface area contributed by atoms with E-state index < -0.39 is 0 Å². The lowest BCUT2D eigenvalue weighted by atomic mass is 10.1. The van der Waals surface area contributed by atoms with Gasteiger partial charge in [0, 0.05) is 31.3 Å². The zero-order valence-electron chi connectivity index (χ0n) is 16.0. The van der Waals surface area contributed by atoms with Gasteiger partial charge in [-0.1, -0.05) is 19.0 Å². The first kappa shape index (κ1) is 18.3. The van der Waals surface area contributed by atoms with Crippen LogP contribution < -0.4 is 10.6 Å². The highest BCUT2D eigenvalue weighted by molar-refractivity contribution is 5.80. The Hall–Kier alpha value is -2.45. The van der Waals surface area contributed by atoms with E-state index in [1.807, 2.05) is 25.5 Å². The number of rotatable bonds is 6. The normalized spacial score (nSPS) is 17.4. The summed E-state index contributed by atoms with van der Waals surface area (Å²) >= 11 is 0. The minimum atomic E-state index is 0.270. The van der Waals surface area contributed by atoms with Gasteiger partial charge >= 0.3 is 0 Å². The summed E-state index contributed by atoms with van der Waals surface area (Å²) in [5, 5.41) is 15.2. The molecule has 3 rings (SSSR count). The highest BCUT2D eigenvalue weighted by atomic mass is 16.5. The van der Waals surface area contributed by atoms with Gasteiger partial charge in [-0.25, -0.2) is 9.67 Å². The van der Waals surface area contributed by atoms with Crippen molar-refractivity contribution in [1.82, 2.24) is 35.5 Å². The Morgan fingerprint density at radius 2 is 2.23 bits per heavy atom. The molecule has 1 aliphatic rings. The highest BCUT2D eigenvalue weighted by Crippen LogP contribution is 2.13. The van der Waals surface area contributed by atoms with Gasteiger partial charge in [0.1, 0.15) is 11.6 Å². The topological polar surface area (TPSA) is 106 Å². The molecule has 26 heavy (non-hydrogen) atoms. The van der Waals surface area contributed by atoms with Gasteiger partial charge in [-0.05, 0) is 20.3 Å². The predicted molar refractivity (Wildman–Crippen MR) is 98.1 cm³/mol. The lowest BCUT2D eigenvalue weighted by molar-refractivity contribution is 0.372. The number of hydrogen-bond acceptors (Lipinski definition) is 6. The number of nitrogens with zero attached hydrogens (tertiary/aromatic N) is 6. The summed E-state index contributed by atoms with van der Waals surface area (Å²) in [6.07, 6.45) is 2.58. The summed E-state index contributed by atoms with van der Waals surface area (Å²) in [6.45, 7) is 10.3. The maximum absolute atomic E-state index is 5.27. The standard InChI is InChI=1S/C17H28N8O/c1-5-18-17(19-9-8-15-22-16(11(2)3)24-26-15)21-13-6-7-14-20-12(4)23-25(14)10-13/h11,13H,5-10H2,1-4H3,(H2,18,19,21). The van der Waals surface area contributed by atoms with E-state index in [1.54, 1.807) is 0 Å².